The number of benzene rings is 2. The third-order valence-electron chi connectivity index (χ3n) is 6.56. The zero-order valence-corrected chi connectivity index (χ0v) is 18.4. The number of hydrogen-bond donors (Lipinski definition) is 2. The first-order valence-electron chi connectivity index (χ1n) is 10.3. The molecule has 1 aromatic heterocycles. The molecule has 3 aromatic rings. The van der Waals surface area contributed by atoms with Crippen LogP contribution in [0.3, 0.4) is 0 Å². The van der Waals surface area contributed by atoms with Crippen LogP contribution in [0.1, 0.15) is 52.3 Å². The maximum absolute atomic E-state index is 5.34. The van der Waals surface area contributed by atoms with Crippen LogP contribution >= 0.6 is 0 Å². The number of H-pyrrole nitrogens is 1. The van der Waals surface area contributed by atoms with Gasteiger partial charge in [0, 0.05) is 38.8 Å². The maximum Gasteiger partial charge on any atom is 0.118 e. The molecular weight excluding hydrogens is 356 g/mol. The molecule has 0 saturated heterocycles. The second-order valence-electron chi connectivity index (χ2n) is 10.0. The van der Waals surface area contributed by atoms with E-state index in [0.717, 1.165) is 23.6 Å². The number of ether oxygens (including phenoxy) is 1. The zero-order valence-electron chi connectivity index (χ0n) is 18.4. The van der Waals surface area contributed by atoms with Crippen molar-refractivity contribution in [1.29, 1.82) is 0 Å². The quantitative estimate of drug-likeness (QED) is 0.506. The Morgan fingerprint density at radius 2 is 1.72 bits per heavy atom. The first-order chi connectivity index (χ1) is 13.6. The molecule has 1 aliphatic rings. The van der Waals surface area contributed by atoms with Crippen molar-refractivity contribution < 1.29 is 4.74 Å². The molecule has 152 valence electrons. The maximum atomic E-state index is 5.34. The van der Waals surface area contributed by atoms with Crippen molar-refractivity contribution in [2.75, 3.05) is 12.4 Å². The third kappa shape index (κ3) is 3.23. The van der Waals surface area contributed by atoms with Crippen molar-refractivity contribution in [3.8, 4) is 5.75 Å². The Balaban J connectivity index is 1.63. The van der Waals surface area contributed by atoms with Crippen molar-refractivity contribution in [2.24, 2.45) is 5.41 Å². The highest BCUT2D eigenvalue weighted by Crippen LogP contribution is 2.67. The summed E-state index contributed by atoms with van der Waals surface area (Å²) in [5.41, 5.74) is 6.05. The summed E-state index contributed by atoms with van der Waals surface area (Å²) in [6, 6.07) is 17.2. The second kappa shape index (κ2) is 6.41. The van der Waals surface area contributed by atoms with Crippen molar-refractivity contribution in [3.63, 3.8) is 0 Å². The minimum Gasteiger partial charge on any atom is -0.497 e. The van der Waals surface area contributed by atoms with E-state index in [9.17, 15) is 0 Å². The van der Waals surface area contributed by atoms with Crippen LogP contribution in [0.25, 0.3) is 10.9 Å². The van der Waals surface area contributed by atoms with Crippen LogP contribution in [0.15, 0.2) is 60.8 Å². The third-order valence-corrected chi connectivity index (χ3v) is 6.56. The van der Waals surface area contributed by atoms with E-state index in [0.29, 0.717) is 0 Å². The van der Waals surface area contributed by atoms with E-state index in [4.69, 9.17) is 4.74 Å². The van der Waals surface area contributed by atoms with E-state index in [2.05, 4.69) is 87.9 Å². The number of methoxy groups -OCH3 is 1. The Morgan fingerprint density at radius 1 is 1.07 bits per heavy atom. The molecule has 1 fully saturated rings. The lowest BCUT2D eigenvalue weighted by molar-refractivity contribution is 0.414. The largest absolute Gasteiger partial charge is 0.497 e. The molecule has 0 aliphatic heterocycles. The molecule has 1 saturated carbocycles. The minimum absolute atomic E-state index is 0.0665. The summed E-state index contributed by atoms with van der Waals surface area (Å²) in [5, 5.41) is 4.85. The van der Waals surface area contributed by atoms with Gasteiger partial charge in [-0.1, -0.05) is 53.3 Å². The number of aromatic nitrogens is 1. The lowest BCUT2D eigenvalue weighted by Gasteiger charge is -2.25. The van der Waals surface area contributed by atoms with Gasteiger partial charge in [0.1, 0.15) is 5.75 Å². The van der Waals surface area contributed by atoms with E-state index < -0.39 is 0 Å². The molecule has 3 nitrogen and oxygen atoms in total. The van der Waals surface area contributed by atoms with E-state index in [1.165, 1.54) is 22.2 Å². The molecule has 1 heterocycles. The van der Waals surface area contributed by atoms with Gasteiger partial charge in [-0.25, -0.2) is 0 Å². The van der Waals surface area contributed by atoms with Gasteiger partial charge < -0.3 is 15.0 Å². The summed E-state index contributed by atoms with van der Waals surface area (Å²) in [5.74, 6) is 0.883. The van der Waals surface area contributed by atoms with Crippen LogP contribution in [0.2, 0.25) is 0 Å². The van der Waals surface area contributed by atoms with Gasteiger partial charge in [-0.15, -0.1) is 0 Å². The molecular formula is C26H32N2O. The first kappa shape index (κ1) is 19.6. The zero-order chi connectivity index (χ0) is 21.0. The minimum atomic E-state index is -0.0665. The number of rotatable bonds is 5. The highest BCUT2D eigenvalue weighted by Gasteiger charge is 2.63. The van der Waals surface area contributed by atoms with Crippen molar-refractivity contribution in [3.05, 3.63) is 72.1 Å². The van der Waals surface area contributed by atoms with Gasteiger partial charge >= 0.3 is 0 Å². The van der Waals surface area contributed by atoms with Crippen LogP contribution in [0.4, 0.5) is 5.69 Å². The molecule has 2 N–H and O–H groups in total. The number of nitrogens with one attached hydrogen (secondary N) is 2. The van der Waals surface area contributed by atoms with E-state index >= 15 is 0 Å². The number of fused-ring (bicyclic) bond motifs is 1. The van der Waals surface area contributed by atoms with Gasteiger partial charge in [0.15, 0.2) is 0 Å². The highest BCUT2D eigenvalue weighted by atomic mass is 16.5. The smallest absolute Gasteiger partial charge is 0.118 e. The SMILES string of the molecule is C=C(Nc1ccc2[nH]c(C(C)(C)C)cc2c1)C1(c2ccc(OC)cc2)CC1(C)C. The first-order valence-corrected chi connectivity index (χ1v) is 10.3. The summed E-state index contributed by atoms with van der Waals surface area (Å²) < 4.78 is 5.34. The molecule has 1 aliphatic carbocycles. The highest BCUT2D eigenvalue weighted by molar-refractivity contribution is 5.84. The molecule has 2 aromatic carbocycles. The van der Waals surface area contributed by atoms with Gasteiger partial charge in [0.25, 0.3) is 0 Å². The van der Waals surface area contributed by atoms with Gasteiger partial charge in [-0.3, -0.25) is 0 Å². The van der Waals surface area contributed by atoms with Gasteiger partial charge in [0.05, 0.1) is 7.11 Å². The van der Waals surface area contributed by atoms with Crippen LogP contribution < -0.4 is 10.1 Å². The van der Waals surface area contributed by atoms with Crippen LogP contribution in [-0.2, 0) is 10.8 Å². The molecule has 29 heavy (non-hydrogen) atoms. The molecule has 0 spiro atoms. The molecule has 4 rings (SSSR count). The van der Waals surface area contributed by atoms with Gasteiger partial charge in [-0.05, 0) is 53.8 Å². The molecule has 1 unspecified atom stereocenters. The number of aromatic amines is 1. The van der Waals surface area contributed by atoms with Crippen molar-refractivity contribution in [1.82, 2.24) is 4.98 Å². The molecule has 0 bridgehead atoms. The molecule has 3 heteroatoms. The van der Waals surface area contributed by atoms with Crippen LogP contribution in [-0.4, -0.2) is 12.1 Å². The number of hydrogen-bond acceptors (Lipinski definition) is 2. The number of anilines is 1. The fraction of sp³-hybridized carbons (Fsp3) is 0.385. The number of allylic oxidation sites excluding steroid dienone is 1. The standard InChI is InChI=1S/C26H32N2O/c1-17(26(16-25(26,5)6)19-8-11-21(29-7)12-9-19)27-20-10-13-22-18(14-20)15-23(28-22)24(2,3)4/h8-15,27-28H,1,16H2,2-7H3. The average Bonchev–Trinajstić information content (AvgIpc) is 3.03. The normalized spacial score (nSPS) is 20.5. The van der Waals surface area contributed by atoms with E-state index in [1.807, 2.05) is 12.1 Å². The Morgan fingerprint density at radius 3 is 2.28 bits per heavy atom. The summed E-state index contributed by atoms with van der Waals surface area (Å²) in [6.45, 7) is 15.8. The predicted octanol–water partition coefficient (Wildman–Crippen LogP) is 6.77. The molecule has 0 radical (unpaired) electrons. The van der Waals surface area contributed by atoms with Crippen molar-refractivity contribution >= 4 is 16.6 Å². The van der Waals surface area contributed by atoms with E-state index in [-0.39, 0.29) is 16.2 Å². The van der Waals surface area contributed by atoms with Crippen molar-refractivity contribution in [2.45, 2.75) is 51.9 Å². The summed E-state index contributed by atoms with van der Waals surface area (Å²) in [7, 11) is 1.70. The predicted molar refractivity (Wildman–Crippen MR) is 123 cm³/mol. The average molecular weight is 389 g/mol. The fourth-order valence-corrected chi connectivity index (χ4v) is 4.57. The molecule has 0 amide bonds. The lowest BCUT2D eigenvalue weighted by atomic mass is 9.85. The summed E-state index contributed by atoms with van der Waals surface area (Å²) >= 11 is 0. The monoisotopic (exact) mass is 388 g/mol. The summed E-state index contributed by atoms with van der Waals surface area (Å²) in [4.78, 5) is 3.55. The van der Waals surface area contributed by atoms with Gasteiger partial charge in [0.2, 0.25) is 0 Å². The Labute approximate surface area is 174 Å². The fourth-order valence-electron chi connectivity index (χ4n) is 4.57. The van der Waals surface area contributed by atoms with Crippen LogP contribution in [0.5, 0.6) is 5.75 Å². The van der Waals surface area contributed by atoms with Gasteiger partial charge in [-0.2, -0.15) is 0 Å². The summed E-state index contributed by atoms with van der Waals surface area (Å²) in [6.07, 6.45) is 1.08. The van der Waals surface area contributed by atoms with E-state index in [1.54, 1.807) is 7.11 Å². The Bertz CT molecular complexity index is 1070. The van der Waals surface area contributed by atoms with Crippen LogP contribution in [0, 0.1) is 5.41 Å². The second-order valence-corrected chi connectivity index (χ2v) is 10.0. The Kier molecular flexibility index (Phi) is 4.34. The molecule has 1 atom stereocenters. The topological polar surface area (TPSA) is 37.0 Å². The lowest BCUT2D eigenvalue weighted by Crippen LogP contribution is -2.22. The Hall–Kier alpha value is -2.68.